The largest absolute Gasteiger partial charge is 0.481 e. The molecule has 0 aromatic heterocycles. The molecule has 0 unspecified atom stereocenters. The number of nitrogens with zero attached hydrogens (tertiary/aromatic N) is 1. The maximum atomic E-state index is 11.8. The van der Waals surface area contributed by atoms with Gasteiger partial charge in [-0.2, -0.15) is 0 Å². The van der Waals surface area contributed by atoms with Gasteiger partial charge in [0.05, 0.1) is 0 Å². The number of amides is 2. The Bertz CT molecular complexity index is 341. The number of nitrogens with one attached hydrogen (secondary N) is 3. The summed E-state index contributed by atoms with van der Waals surface area (Å²) in [7, 11) is 0. The molecule has 1 fully saturated rings. The minimum absolute atomic E-state index is 0.0519. The summed E-state index contributed by atoms with van der Waals surface area (Å²) in [6.45, 7) is 9.47. The molecule has 0 bridgehead atoms. The molecule has 21 heavy (non-hydrogen) atoms. The topological polar surface area (TPSA) is 93.7 Å². The molecule has 1 aliphatic heterocycles. The normalized spacial score (nSPS) is 16.5. The minimum Gasteiger partial charge on any atom is -0.481 e. The van der Waals surface area contributed by atoms with Crippen LogP contribution in [0, 0.1) is 0 Å². The van der Waals surface area contributed by atoms with Gasteiger partial charge in [-0.15, -0.1) is 0 Å². The van der Waals surface area contributed by atoms with Crippen molar-refractivity contribution in [3.63, 3.8) is 0 Å². The number of piperazine rings is 1. The first kappa shape index (κ1) is 17.7. The fourth-order valence-corrected chi connectivity index (χ4v) is 2.27. The highest BCUT2D eigenvalue weighted by atomic mass is 16.4. The summed E-state index contributed by atoms with van der Waals surface area (Å²) in [4.78, 5) is 24.7. The molecule has 4 N–H and O–H groups in total. The van der Waals surface area contributed by atoms with Gasteiger partial charge in [0.25, 0.3) is 0 Å². The lowest BCUT2D eigenvalue weighted by Gasteiger charge is -2.27. The van der Waals surface area contributed by atoms with Gasteiger partial charge >= 0.3 is 12.0 Å². The van der Waals surface area contributed by atoms with Crippen LogP contribution in [0.15, 0.2) is 0 Å². The van der Waals surface area contributed by atoms with Crippen LogP contribution in [-0.2, 0) is 4.79 Å². The zero-order valence-corrected chi connectivity index (χ0v) is 13.1. The van der Waals surface area contributed by atoms with Gasteiger partial charge in [0.1, 0.15) is 0 Å². The van der Waals surface area contributed by atoms with Crippen molar-refractivity contribution in [1.29, 1.82) is 0 Å². The van der Waals surface area contributed by atoms with Crippen molar-refractivity contribution in [2.24, 2.45) is 0 Å². The lowest BCUT2D eigenvalue weighted by Crippen LogP contribution is -2.49. The monoisotopic (exact) mass is 300 g/mol. The van der Waals surface area contributed by atoms with Gasteiger partial charge in [0.2, 0.25) is 0 Å². The third kappa shape index (κ3) is 8.52. The number of carbonyl (C=O) groups is 2. The summed E-state index contributed by atoms with van der Waals surface area (Å²) in [6, 6.07) is -0.231. The van der Waals surface area contributed by atoms with E-state index in [2.05, 4.69) is 20.9 Å². The highest BCUT2D eigenvalue weighted by molar-refractivity contribution is 5.74. The highest BCUT2D eigenvalue weighted by Gasteiger charge is 2.21. The molecule has 0 aromatic carbocycles. The Labute approximate surface area is 126 Å². The number of aliphatic carboxylic acids is 1. The first-order valence-electron chi connectivity index (χ1n) is 7.60. The van der Waals surface area contributed by atoms with Crippen LogP contribution in [0.2, 0.25) is 0 Å². The van der Waals surface area contributed by atoms with E-state index >= 15 is 0 Å². The summed E-state index contributed by atoms with van der Waals surface area (Å²) in [5.74, 6) is -0.846. The van der Waals surface area contributed by atoms with E-state index in [9.17, 15) is 9.59 Å². The molecule has 7 heteroatoms. The van der Waals surface area contributed by atoms with Gasteiger partial charge in [-0.1, -0.05) is 0 Å². The second-order valence-electron chi connectivity index (χ2n) is 6.10. The fourth-order valence-electron chi connectivity index (χ4n) is 2.27. The standard InChI is InChI=1S/C14H28N4O3/c1-14(2,5-4-12(19)20)17-13(21)16-6-3-9-18-10-7-15-8-11-18/h15H,3-11H2,1-2H3,(H,19,20)(H2,16,17,21). The van der Waals surface area contributed by atoms with Crippen LogP contribution in [0.1, 0.15) is 33.1 Å². The molecule has 2 amide bonds. The van der Waals surface area contributed by atoms with Crippen molar-refractivity contribution in [1.82, 2.24) is 20.9 Å². The van der Waals surface area contributed by atoms with Crippen LogP contribution in [-0.4, -0.2) is 66.8 Å². The molecule has 0 aliphatic carbocycles. The maximum Gasteiger partial charge on any atom is 0.315 e. The van der Waals surface area contributed by atoms with Gasteiger partial charge in [-0.05, 0) is 33.2 Å². The number of hydrogen-bond acceptors (Lipinski definition) is 4. The number of urea groups is 1. The molecule has 7 nitrogen and oxygen atoms in total. The van der Waals surface area contributed by atoms with Crippen molar-refractivity contribution in [3.8, 4) is 0 Å². The number of carboxylic acid groups (broad SMARTS) is 1. The second kappa shape index (κ2) is 8.84. The Hall–Kier alpha value is -1.34. The average molecular weight is 300 g/mol. The number of carboxylic acids is 1. The second-order valence-corrected chi connectivity index (χ2v) is 6.10. The predicted molar refractivity (Wildman–Crippen MR) is 81.4 cm³/mol. The summed E-state index contributed by atoms with van der Waals surface area (Å²) < 4.78 is 0. The Morgan fingerprint density at radius 1 is 1.29 bits per heavy atom. The van der Waals surface area contributed by atoms with Gasteiger partial charge in [0.15, 0.2) is 0 Å². The Morgan fingerprint density at radius 3 is 2.57 bits per heavy atom. The zero-order valence-electron chi connectivity index (χ0n) is 13.1. The quantitative estimate of drug-likeness (QED) is 0.481. The first-order valence-corrected chi connectivity index (χ1v) is 7.60. The van der Waals surface area contributed by atoms with Crippen LogP contribution in [0.25, 0.3) is 0 Å². The van der Waals surface area contributed by atoms with Gasteiger partial charge < -0.3 is 26.0 Å². The third-order valence-corrected chi connectivity index (χ3v) is 3.56. The summed E-state index contributed by atoms with van der Waals surface area (Å²) in [5.41, 5.74) is -0.513. The van der Waals surface area contributed by atoms with Crippen molar-refractivity contribution in [2.75, 3.05) is 39.3 Å². The van der Waals surface area contributed by atoms with Gasteiger partial charge in [-0.25, -0.2) is 4.79 Å². The minimum atomic E-state index is -0.846. The molecule has 122 valence electrons. The summed E-state index contributed by atoms with van der Waals surface area (Å²) >= 11 is 0. The summed E-state index contributed by atoms with van der Waals surface area (Å²) in [6.07, 6.45) is 1.38. The van der Waals surface area contributed by atoms with Gasteiger partial charge in [0, 0.05) is 44.7 Å². The average Bonchev–Trinajstić information content (AvgIpc) is 2.42. The molecule has 0 saturated carbocycles. The van der Waals surface area contributed by atoms with Crippen molar-refractivity contribution < 1.29 is 14.7 Å². The van der Waals surface area contributed by atoms with E-state index in [0.29, 0.717) is 13.0 Å². The molecular weight excluding hydrogens is 272 g/mol. The van der Waals surface area contributed by atoms with Crippen LogP contribution in [0.5, 0.6) is 0 Å². The Morgan fingerprint density at radius 2 is 1.95 bits per heavy atom. The fraction of sp³-hybridized carbons (Fsp3) is 0.857. The van der Waals surface area contributed by atoms with Crippen molar-refractivity contribution >= 4 is 12.0 Å². The molecule has 0 spiro atoms. The lowest BCUT2D eigenvalue weighted by atomic mass is 9.99. The lowest BCUT2D eigenvalue weighted by molar-refractivity contribution is -0.137. The first-order chi connectivity index (χ1) is 9.89. The van der Waals surface area contributed by atoms with Crippen molar-refractivity contribution in [3.05, 3.63) is 0 Å². The molecule has 0 radical (unpaired) electrons. The van der Waals surface area contributed by atoms with E-state index in [1.54, 1.807) is 0 Å². The van der Waals surface area contributed by atoms with E-state index in [1.165, 1.54) is 0 Å². The molecule has 1 rings (SSSR count). The smallest absolute Gasteiger partial charge is 0.315 e. The molecule has 0 aromatic rings. The molecule has 1 aliphatic rings. The van der Waals surface area contributed by atoms with E-state index < -0.39 is 11.5 Å². The molecule has 1 saturated heterocycles. The maximum absolute atomic E-state index is 11.8. The van der Waals surface area contributed by atoms with Gasteiger partial charge in [-0.3, -0.25) is 4.79 Å². The Balaban J connectivity index is 2.10. The number of carbonyl (C=O) groups excluding carboxylic acids is 1. The number of hydrogen-bond donors (Lipinski definition) is 4. The number of rotatable bonds is 8. The van der Waals surface area contributed by atoms with Crippen LogP contribution in [0.4, 0.5) is 4.79 Å². The SMILES string of the molecule is CC(C)(CCC(=O)O)NC(=O)NCCCN1CCNCC1. The van der Waals surface area contributed by atoms with E-state index in [0.717, 1.165) is 39.1 Å². The Kier molecular flexibility index (Phi) is 7.45. The van der Waals surface area contributed by atoms with Crippen LogP contribution >= 0.6 is 0 Å². The molecule has 0 atom stereocenters. The molecule has 1 heterocycles. The summed E-state index contributed by atoms with van der Waals surface area (Å²) in [5, 5.41) is 17.6. The highest BCUT2D eigenvalue weighted by Crippen LogP contribution is 2.10. The molecular formula is C14H28N4O3. The van der Waals surface area contributed by atoms with E-state index in [-0.39, 0.29) is 12.5 Å². The third-order valence-electron chi connectivity index (χ3n) is 3.56. The van der Waals surface area contributed by atoms with E-state index in [1.807, 2.05) is 13.8 Å². The van der Waals surface area contributed by atoms with Crippen LogP contribution in [0.3, 0.4) is 0 Å². The predicted octanol–water partition coefficient (Wildman–Crippen LogP) is 0.224. The van der Waals surface area contributed by atoms with E-state index in [4.69, 9.17) is 5.11 Å². The van der Waals surface area contributed by atoms with Crippen molar-refractivity contribution in [2.45, 2.75) is 38.6 Å². The zero-order chi connectivity index (χ0) is 15.7. The van der Waals surface area contributed by atoms with Crippen LogP contribution < -0.4 is 16.0 Å².